The van der Waals surface area contributed by atoms with Crippen LogP contribution in [0.5, 0.6) is 0 Å². The predicted molar refractivity (Wildman–Crippen MR) is 132 cm³/mol. The maximum atomic E-state index is 14.1. The molecule has 3 heterocycles. The van der Waals surface area contributed by atoms with Crippen LogP contribution in [0.25, 0.3) is 11.0 Å². The number of halogens is 3. The molecule has 1 saturated heterocycles. The molecule has 1 saturated carbocycles. The number of aromatic nitrogens is 3. The number of carbonyl (C=O) groups is 1. The van der Waals surface area contributed by atoms with E-state index in [4.69, 9.17) is 4.74 Å². The van der Waals surface area contributed by atoms with Gasteiger partial charge in [0.1, 0.15) is 23.4 Å². The number of anilines is 1. The second-order valence-electron chi connectivity index (χ2n) is 10.4. The molecule has 1 amide bonds. The van der Waals surface area contributed by atoms with Gasteiger partial charge in [0, 0.05) is 53.8 Å². The maximum absolute atomic E-state index is 14.1. The topological polar surface area (TPSA) is 63.5 Å². The van der Waals surface area contributed by atoms with E-state index < -0.39 is 11.5 Å². The van der Waals surface area contributed by atoms with E-state index in [2.05, 4.69) is 44.4 Å². The molecule has 7 nitrogen and oxygen atoms in total. The number of hydrogen-bond acceptors (Lipinski definition) is 5. The summed E-state index contributed by atoms with van der Waals surface area (Å²) in [4.78, 5) is 25.8. The smallest absolute Gasteiger partial charge is 0.410 e. The van der Waals surface area contributed by atoms with Crippen molar-refractivity contribution in [3.8, 4) is 0 Å². The zero-order valence-electron chi connectivity index (χ0n) is 19.8. The summed E-state index contributed by atoms with van der Waals surface area (Å²) in [5.41, 5.74) is 0.145. The van der Waals surface area contributed by atoms with Gasteiger partial charge in [-0.25, -0.2) is 23.5 Å². The molecule has 182 valence electrons. The highest BCUT2D eigenvalue weighted by atomic mass is 127. The molecule has 2 aromatic heterocycles. The van der Waals surface area contributed by atoms with Crippen molar-refractivity contribution in [2.45, 2.75) is 90.0 Å². The highest BCUT2D eigenvalue weighted by Gasteiger charge is 2.39. The Labute approximate surface area is 207 Å². The molecule has 33 heavy (non-hydrogen) atoms. The number of rotatable bonds is 2. The Bertz CT molecular complexity index is 1040. The molecule has 3 unspecified atom stereocenters. The number of amides is 1. The number of fused-ring (bicyclic) bond motifs is 1. The largest absolute Gasteiger partial charge is 0.444 e. The Kier molecular flexibility index (Phi) is 6.52. The summed E-state index contributed by atoms with van der Waals surface area (Å²) in [6.45, 7) is 10.7. The van der Waals surface area contributed by atoms with Crippen LogP contribution < -0.4 is 4.90 Å². The van der Waals surface area contributed by atoms with Gasteiger partial charge >= 0.3 is 6.09 Å². The van der Waals surface area contributed by atoms with Crippen LogP contribution in [0, 0.1) is 3.57 Å². The predicted octanol–water partition coefficient (Wildman–Crippen LogP) is 5.62. The molecular weight excluding hydrogens is 543 g/mol. The molecule has 2 aliphatic rings. The lowest BCUT2D eigenvalue weighted by atomic mass is 9.92. The molecule has 10 heteroatoms. The number of nitrogens with zero attached hydrogens (tertiary/aromatic N) is 5. The van der Waals surface area contributed by atoms with Crippen molar-refractivity contribution in [2.24, 2.45) is 0 Å². The van der Waals surface area contributed by atoms with Crippen molar-refractivity contribution < 1.29 is 18.3 Å². The van der Waals surface area contributed by atoms with E-state index in [1.54, 1.807) is 4.90 Å². The van der Waals surface area contributed by atoms with Gasteiger partial charge in [-0.2, -0.15) is 0 Å². The molecule has 0 N–H and O–H groups in total. The number of piperazine rings is 1. The molecular formula is C23H32F2IN5O2. The van der Waals surface area contributed by atoms with Crippen molar-refractivity contribution in [2.75, 3.05) is 18.0 Å². The van der Waals surface area contributed by atoms with Gasteiger partial charge in [0.25, 0.3) is 0 Å². The Balaban J connectivity index is 1.63. The fourth-order valence-corrected chi connectivity index (χ4v) is 5.68. The van der Waals surface area contributed by atoms with Crippen molar-refractivity contribution in [3.05, 3.63) is 16.1 Å². The van der Waals surface area contributed by atoms with E-state index in [0.29, 0.717) is 25.2 Å². The van der Waals surface area contributed by atoms with Crippen LogP contribution in [0.3, 0.4) is 0 Å². The van der Waals surface area contributed by atoms with Crippen LogP contribution in [-0.2, 0) is 4.74 Å². The average molecular weight is 575 g/mol. The normalized spacial score (nSPS) is 26.0. The van der Waals surface area contributed by atoms with Gasteiger partial charge in [0.15, 0.2) is 0 Å². The summed E-state index contributed by atoms with van der Waals surface area (Å²) in [6.07, 6.45) is 4.16. The lowest BCUT2D eigenvalue weighted by Gasteiger charge is -2.44. The quantitative estimate of drug-likeness (QED) is 0.435. The number of carbonyl (C=O) groups excluding carboxylic acids is 1. The Morgan fingerprint density at radius 1 is 1.21 bits per heavy atom. The number of hydrogen-bond donors (Lipinski definition) is 0. The molecule has 3 atom stereocenters. The lowest BCUT2D eigenvalue weighted by Crippen LogP contribution is -2.59. The molecule has 4 rings (SSSR count). The average Bonchev–Trinajstić information content (AvgIpc) is 3.04. The first-order chi connectivity index (χ1) is 15.4. The lowest BCUT2D eigenvalue weighted by molar-refractivity contribution is -0.0491. The van der Waals surface area contributed by atoms with E-state index in [-0.39, 0.29) is 37.1 Å². The van der Waals surface area contributed by atoms with Crippen LogP contribution >= 0.6 is 22.6 Å². The Hall–Kier alpha value is -1.72. The van der Waals surface area contributed by atoms with Crippen molar-refractivity contribution >= 4 is 45.5 Å². The first-order valence-corrected chi connectivity index (χ1v) is 12.6. The van der Waals surface area contributed by atoms with E-state index in [0.717, 1.165) is 21.2 Å². The van der Waals surface area contributed by atoms with Gasteiger partial charge in [-0.1, -0.05) is 0 Å². The Morgan fingerprint density at radius 2 is 1.94 bits per heavy atom. The van der Waals surface area contributed by atoms with Crippen LogP contribution in [-0.4, -0.2) is 62.2 Å². The minimum atomic E-state index is -2.64. The van der Waals surface area contributed by atoms with Crippen LogP contribution in [0.1, 0.15) is 66.3 Å². The summed E-state index contributed by atoms with van der Waals surface area (Å²) in [7, 11) is 0. The van der Waals surface area contributed by atoms with Gasteiger partial charge in [-0.3, -0.25) is 0 Å². The molecule has 1 aliphatic heterocycles. The molecule has 0 spiro atoms. The molecule has 0 radical (unpaired) electrons. The zero-order chi connectivity index (χ0) is 24.1. The molecule has 1 aliphatic carbocycles. The third kappa shape index (κ3) is 5.05. The minimum absolute atomic E-state index is 0.00461. The third-order valence-corrected chi connectivity index (χ3v) is 7.25. The van der Waals surface area contributed by atoms with Gasteiger partial charge in [-0.05, 0) is 70.1 Å². The van der Waals surface area contributed by atoms with E-state index in [9.17, 15) is 13.6 Å². The van der Waals surface area contributed by atoms with Gasteiger partial charge in [-0.15, -0.1) is 0 Å². The summed E-state index contributed by atoms with van der Waals surface area (Å²) in [6, 6.07) is -0.342. The SMILES string of the molecule is CC1CN(c2ncnc3c2c(I)cn3C2CCCC(F)(F)C2)C(C)CN1C(=O)OC(C)(C)C. The molecule has 0 aromatic carbocycles. The third-order valence-electron chi connectivity index (χ3n) is 6.44. The van der Waals surface area contributed by atoms with Gasteiger partial charge in [0.05, 0.1) is 5.39 Å². The van der Waals surface area contributed by atoms with Crippen LogP contribution in [0.2, 0.25) is 0 Å². The van der Waals surface area contributed by atoms with E-state index in [1.165, 1.54) is 6.33 Å². The highest BCUT2D eigenvalue weighted by molar-refractivity contribution is 14.1. The van der Waals surface area contributed by atoms with Crippen LogP contribution in [0.15, 0.2) is 12.5 Å². The van der Waals surface area contributed by atoms with E-state index in [1.807, 2.05) is 38.5 Å². The maximum Gasteiger partial charge on any atom is 0.410 e. The van der Waals surface area contributed by atoms with Crippen molar-refractivity contribution in [3.63, 3.8) is 0 Å². The minimum Gasteiger partial charge on any atom is -0.444 e. The Morgan fingerprint density at radius 3 is 2.61 bits per heavy atom. The number of alkyl halides is 2. The summed E-state index contributed by atoms with van der Waals surface area (Å²) in [5.74, 6) is -1.85. The first kappa shape index (κ1) is 24.4. The standard InChI is InChI=1S/C23H32F2IN5O2/c1-14-11-30(21(32)33-22(3,4)5)15(2)10-29(14)19-18-17(26)12-31(20(18)28-13-27-19)16-7-6-8-23(24,25)9-16/h12-16H,6-11H2,1-5H3. The van der Waals surface area contributed by atoms with Crippen molar-refractivity contribution in [1.29, 1.82) is 0 Å². The summed E-state index contributed by atoms with van der Waals surface area (Å²) >= 11 is 2.25. The highest BCUT2D eigenvalue weighted by Crippen LogP contribution is 2.42. The second kappa shape index (κ2) is 8.81. The van der Waals surface area contributed by atoms with Crippen LogP contribution in [0.4, 0.5) is 19.4 Å². The first-order valence-electron chi connectivity index (χ1n) is 11.5. The number of ether oxygens (including phenoxy) is 1. The van der Waals surface area contributed by atoms with Crippen molar-refractivity contribution in [1.82, 2.24) is 19.4 Å². The zero-order valence-corrected chi connectivity index (χ0v) is 22.0. The monoisotopic (exact) mass is 575 g/mol. The summed E-state index contributed by atoms with van der Waals surface area (Å²) in [5, 5.41) is 0.886. The fraction of sp³-hybridized carbons (Fsp3) is 0.696. The van der Waals surface area contributed by atoms with Gasteiger partial charge in [0.2, 0.25) is 5.92 Å². The molecule has 0 bridgehead atoms. The molecule has 2 aromatic rings. The molecule has 2 fully saturated rings. The second-order valence-corrected chi connectivity index (χ2v) is 11.5. The fourth-order valence-electron chi connectivity index (χ4n) is 4.90. The van der Waals surface area contributed by atoms with Gasteiger partial charge < -0.3 is 19.1 Å². The summed E-state index contributed by atoms with van der Waals surface area (Å²) < 4.78 is 36.7. The van der Waals surface area contributed by atoms with E-state index >= 15 is 0 Å².